The fourth-order valence-electron chi connectivity index (χ4n) is 1.97. The number of nitrogens with one attached hydrogen (secondary N) is 1. The molecule has 0 saturated heterocycles. The molecule has 21 heavy (non-hydrogen) atoms. The molecule has 0 fully saturated rings. The van der Waals surface area contributed by atoms with Crippen molar-refractivity contribution in [1.82, 2.24) is 15.2 Å². The van der Waals surface area contributed by atoms with Crippen molar-refractivity contribution in [1.29, 1.82) is 5.26 Å². The molecule has 0 atom stereocenters. The molecule has 3 aromatic rings. The Bertz CT molecular complexity index is 740. The van der Waals surface area contributed by atoms with Gasteiger partial charge >= 0.3 is 0 Å². The number of hydrogen-bond donors (Lipinski definition) is 1. The summed E-state index contributed by atoms with van der Waals surface area (Å²) >= 11 is 1.75. The average Bonchev–Trinajstić information content (AvgIpc) is 2.95. The highest BCUT2D eigenvalue weighted by molar-refractivity contribution is 7.18. The van der Waals surface area contributed by atoms with Crippen LogP contribution in [0.2, 0.25) is 0 Å². The molecule has 0 aliphatic rings. The summed E-state index contributed by atoms with van der Waals surface area (Å²) in [5.41, 5.74) is 1.40. The Morgan fingerprint density at radius 3 is 2.81 bits per heavy atom. The lowest BCUT2D eigenvalue weighted by atomic mass is 10.3. The molecule has 0 radical (unpaired) electrons. The van der Waals surface area contributed by atoms with Gasteiger partial charge in [0.1, 0.15) is 11.9 Å². The normalized spacial score (nSPS) is 10.4. The van der Waals surface area contributed by atoms with Crippen LogP contribution in [-0.2, 0) is 6.42 Å². The number of benzene rings is 1. The smallest absolute Gasteiger partial charge is 0.163 e. The minimum Gasteiger partial charge on any atom is -0.369 e. The topological polar surface area (TPSA) is 74.5 Å². The fourth-order valence-corrected chi connectivity index (χ4v) is 2.98. The highest BCUT2D eigenvalue weighted by Gasteiger charge is 2.03. The van der Waals surface area contributed by atoms with Crippen molar-refractivity contribution in [2.45, 2.75) is 12.8 Å². The summed E-state index contributed by atoms with van der Waals surface area (Å²) in [5.74, 6) is 0.693. The molecule has 0 unspecified atom stereocenters. The van der Waals surface area contributed by atoms with Crippen molar-refractivity contribution in [3.05, 3.63) is 47.1 Å². The summed E-state index contributed by atoms with van der Waals surface area (Å²) in [4.78, 5) is 4.61. The third-order valence-electron chi connectivity index (χ3n) is 2.99. The first-order valence-electron chi connectivity index (χ1n) is 6.67. The van der Waals surface area contributed by atoms with E-state index in [2.05, 4.69) is 26.6 Å². The van der Waals surface area contributed by atoms with E-state index in [0.29, 0.717) is 11.5 Å². The maximum Gasteiger partial charge on any atom is 0.163 e. The lowest BCUT2D eigenvalue weighted by Gasteiger charge is -2.03. The Balaban J connectivity index is 1.50. The number of thiazole rings is 1. The number of anilines is 1. The summed E-state index contributed by atoms with van der Waals surface area (Å²) in [6.45, 7) is 0.802. The highest BCUT2D eigenvalue weighted by atomic mass is 32.1. The van der Waals surface area contributed by atoms with Gasteiger partial charge in [0.2, 0.25) is 0 Å². The van der Waals surface area contributed by atoms with E-state index in [4.69, 9.17) is 5.26 Å². The zero-order valence-corrected chi connectivity index (χ0v) is 12.1. The first kappa shape index (κ1) is 13.5. The molecule has 0 saturated carbocycles. The molecule has 2 aromatic heterocycles. The monoisotopic (exact) mass is 295 g/mol. The lowest BCUT2D eigenvalue weighted by Crippen LogP contribution is -2.05. The van der Waals surface area contributed by atoms with Gasteiger partial charge in [-0.05, 0) is 30.7 Å². The Kier molecular flexibility index (Phi) is 4.03. The molecule has 0 amide bonds. The Labute approximate surface area is 126 Å². The van der Waals surface area contributed by atoms with Gasteiger partial charge in [0.05, 0.1) is 15.2 Å². The van der Waals surface area contributed by atoms with Gasteiger partial charge in [-0.25, -0.2) is 4.98 Å². The molecule has 1 N–H and O–H groups in total. The summed E-state index contributed by atoms with van der Waals surface area (Å²) in [7, 11) is 0. The van der Waals surface area contributed by atoms with Crippen LogP contribution in [0.15, 0.2) is 36.4 Å². The van der Waals surface area contributed by atoms with Gasteiger partial charge in [0.25, 0.3) is 0 Å². The summed E-state index contributed by atoms with van der Waals surface area (Å²) < 4.78 is 1.23. The number of aromatic nitrogens is 3. The van der Waals surface area contributed by atoms with Crippen LogP contribution in [0, 0.1) is 11.3 Å². The number of fused-ring (bicyclic) bond motifs is 1. The molecule has 104 valence electrons. The Hall–Kier alpha value is -2.52. The predicted molar refractivity (Wildman–Crippen MR) is 83.2 cm³/mol. The van der Waals surface area contributed by atoms with Crippen molar-refractivity contribution < 1.29 is 0 Å². The molecule has 3 rings (SSSR count). The van der Waals surface area contributed by atoms with Crippen LogP contribution in [0.3, 0.4) is 0 Å². The van der Waals surface area contributed by atoms with Crippen LogP contribution in [0.25, 0.3) is 10.2 Å². The summed E-state index contributed by atoms with van der Waals surface area (Å²) in [6, 6.07) is 13.6. The third-order valence-corrected chi connectivity index (χ3v) is 4.09. The molecule has 1 aromatic carbocycles. The van der Waals surface area contributed by atoms with Crippen LogP contribution in [0.1, 0.15) is 17.1 Å². The van der Waals surface area contributed by atoms with Gasteiger partial charge in [0, 0.05) is 13.0 Å². The summed E-state index contributed by atoms with van der Waals surface area (Å²) in [5, 5.41) is 20.7. The quantitative estimate of drug-likeness (QED) is 0.732. The Morgan fingerprint density at radius 2 is 2.05 bits per heavy atom. The second-order valence-corrected chi connectivity index (χ2v) is 5.64. The molecular weight excluding hydrogens is 282 g/mol. The lowest BCUT2D eigenvalue weighted by molar-refractivity contribution is 0.847. The highest BCUT2D eigenvalue weighted by Crippen LogP contribution is 2.22. The molecule has 0 bridgehead atoms. The van der Waals surface area contributed by atoms with Crippen LogP contribution in [0.4, 0.5) is 5.82 Å². The van der Waals surface area contributed by atoms with Gasteiger partial charge < -0.3 is 5.32 Å². The Morgan fingerprint density at radius 1 is 1.14 bits per heavy atom. The average molecular weight is 295 g/mol. The number of nitriles is 1. The number of para-hydroxylation sites is 1. The van der Waals surface area contributed by atoms with Crippen molar-refractivity contribution in [3.8, 4) is 6.07 Å². The summed E-state index contributed by atoms with van der Waals surface area (Å²) in [6.07, 6.45) is 1.91. The van der Waals surface area contributed by atoms with Gasteiger partial charge in [-0.1, -0.05) is 12.1 Å². The molecule has 2 heterocycles. The van der Waals surface area contributed by atoms with E-state index < -0.39 is 0 Å². The van der Waals surface area contributed by atoms with Crippen molar-refractivity contribution >= 4 is 27.4 Å². The number of rotatable bonds is 5. The van der Waals surface area contributed by atoms with E-state index in [1.165, 1.54) is 4.70 Å². The van der Waals surface area contributed by atoms with Crippen molar-refractivity contribution in [3.63, 3.8) is 0 Å². The van der Waals surface area contributed by atoms with Gasteiger partial charge in [0.15, 0.2) is 5.69 Å². The SMILES string of the molecule is N#Cc1ccc(NCCCc2nc3ccccc3s2)nn1. The van der Waals surface area contributed by atoms with Crippen molar-refractivity contribution in [2.75, 3.05) is 11.9 Å². The van der Waals surface area contributed by atoms with Gasteiger partial charge in [-0.3, -0.25) is 0 Å². The minimum atomic E-state index is 0.329. The molecule has 6 heteroatoms. The minimum absolute atomic E-state index is 0.329. The second kappa shape index (κ2) is 6.29. The number of hydrogen-bond acceptors (Lipinski definition) is 6. The zero-order chi connectivity index (χ0) is 14.5. The van der Waals surface area contributed by atoms with E-state index >= 15 is 0 Å². The van der Waals surface area contributed by atoms with Gasteiger partial charge in [-0.2, -0.15) is 5.26 Å². The second-order valence-electron chi connectivity index (χ2n) is 4.52. The molecule has 0 spiro atoms. The fraction of sp³-hybridized carbons (Fsp3) is 0.200. The van der Waals surface area contributed by atoms with E-state index in [0.717, 1.165) is 29.9 Å². The largest absolute Gasteiger partial charge is 0.369 e. The molecule has 0 aliphatic heterocycles. The van der Waals surface area contributed by atoms with E-state index in [1.54, 1.807) is 23.5 Å². The maximum absolute atomic E-state index is 8.65. The van der Waals surface area contributed by atoms with E-state index in [-0.39, 0.29) is 0 Å². The van der Waals surface area contributed by atoms with Gasteiger partial charge in [-0.15, -0.1) is 21.5 Å². The van der Waals surface area contributed by atoms with Crippen LogP contribution < -0.4 is 5.32 Å². The van der Waals surface area contributed by atoms with Crippen molar-refractivity contribution in [2.24, 2.45) is 0 Å². The number of aryl methyl sites for hydroxylation is 1. The number of nitrogens with zero attached hydrogens (tertiary/aromatic N) is 4. The first-order valence-corrected chi connectivity index (χ1v) is 7.49. The standard InChI is InChI=1S/C15H13N5S/c16-10-11-7-8-14(20-19-11)17-9-3-6-15-18-12-4-1-2-5-13(12)21-15/h1-2,4-5,7-8H,3,6,9H2,(H,17,20). The predicted octanol–water partition coefficient (Wildman–Crippen LogP) is 3.00. The molecular formula is C15H13N5S. The van der Waals surface area contributed by atoms with E-state index in [9.17, 15) is 0 Å². The van der Waals surface area contributed by atoms with Crippen LogP contribution in [0.5, 0.6) is 0 Å². The van der Waals surface area contributed by atoms with E-state index in [1.807, 2.05) is 24.3 Å². The zero-order valence-electron chi connectivity index (χ0n) is 11.3. The molecule has 0 aliphatic carbocycles. The maximum atomic E-state index is 8.65. The van der Waals surface area contributed by atoms with Crippen LogP contribution in [-0.4, -0.2) is 21.7 Å². The third kappa shape index (κ3) is 3.33. The van der Waals surface area contributed by atoms with Crippen LogP contribution >= 0.6 is 11.3 Å². The first-order chi connectivity index (χ1) is 10.3. The molecule has 5 nitrogen and oxygen atoms in total.